The van der Waals surface area contributed by atoms with Gasteiger partial charge < -0.3 is 20.5 Å². The Balaban J connectivity index is 2.79. The van der Waals surface area contributed by atoms with Crippen molar-refractivity contribution in [1.82, 2.24) is 10.2 Å². The monoisotopic (exact) mass is 401 g/mol. The summed E-state index contributed by atoms with van der Waals surface area (Å²) in [7, 11) is 2.78. The maximum atomic E-state index is 13.2. The highest BCUT2D eigenvalue weighted by Crippen LogP contribution is 2.09. The predicted molar refractivity (Wildman–Crippen MR) is 96.1 cm³/mol. The van der Waals surface area contributed by atoms with Crippen molar-refractivity contribution in [2.75, 3.05) is 34.0 Å². The summed E-state index contributed by atoms with van der Waals surface area (Å²) in [6.07, 6.45) is -0.332. The van der Waals surface area contributed by atoms with Crippen molar-refractivity contribution < 1.29 is 32.6 Å². The lowest BCUT2D eigenvalue weighted by Gasteiger charge is -2.26. The predicted octanol–water partition coefficient (Wildman–Crippen LogP) is -0.0127. The zero-order valence-electron chi connectivity index (χ0n) is 16.0. The second kappa shape index (κ2) is 11.4. The molecule has 0 radical (unpaired) electrons. The number of nitrogens with zero attached hydrogens (tertiary/aromatic N) is 1. The fraction of sp³-hybridized carbons (Fsp3) is 0.500. The number of amides is 3. The van der Waals surface area contributed by atoms with Gasteiger partial charge in [-0.1, -0.05) is 0 Å². The summed E-state index contributed by atoms with van der Waals surface area (Å²) in [6, 6.07) is 0.613. The van der Waals surface area contributed by atoms with Crippen LogP contribution in [-0.2, 0) is 30.3 Å². The Hall–Kier alpha value is -2.43. The summed E-state index contributed by atoms with van der Waals surface area (Å²) in [5.41, 5.74) is 5.82. The van der Waals surface area contributed by atoms with Gasteiger partial charge in [-0.05, 0) is 24.6 Å². The lowest BCUT2D eigenvalue weighted by atomic mass is 10.1. The van der Waals surface area contributed by atoms with Gasteiger partial charge in [0.05, 0.1) is 26.2 Å². The van der Waals surface area contributed by atoms with Crippen molar-refractivity contribution in [3.8, 4) is 0 Å². The molecule has 3 N–H and O–H groups in total. The number of nitrogens with one attached hydrogen (secondary N) is 1. The molecular weight excluding hydrogens is 376 g/mol. The molecule has 0 bridgehead atoms. The molecule has 0 spiro atoms. The zero-order chi connectivity index (χ0) is 21.3. The van der Waals surface area contributed by atoms with Gasteiger partial charge >= 0.3 is 0 Å². The van der Waals surface area contributed by atoms with E-state index in [9.17, 15) is 23.2 Å². The Morgan fingerprint density at radius 2 is 1.71 bits per heavy atom. The third kappa shape index (κ3) is 7.29. The zero-order valence-corrected chi connectivity index (χ0v) is 16.0. The Labute approximate surface area is 162 Å². The van der Waals surface area contributed by atoms with Gasteiger partial charge in [-0.15, -0.1) is 0 Å². The fourth-order valence-corrected chi connectivity index (χ4v) is 2.45. The van der Waals surface area contributed by atoms with E-state index in [-0.39, 0.29) is 31.7 Å². The Kier molecular flexibility index (Phi) is 9.63. The Morgan fingerprint density at radius 1 is 1.11 bits per heavy atom. The van der Waals surface area contributed by atoms with Crippen molar-refractivity contribution in [3.63, 3.8) is 0 Å². The first-order chi connectivity index (χ1) is 13.2. The molecule has 156 valence electrons. The van der Waals surface area contributed by atoms with Gasteiger partial charge in [0.2, 0.25) is 11.8 Å². The van der Waals surface area contributed by atoms with Gasteiger partial charge in [-0.2, -0.15) is 0 Å². The lowest BCUT2D eigenvalue weighted by Crippen LogP contribution is -2.55. The van der Waals surface area contributed by atoms with Crippen molar-refractivity contribution in [2.45, 2.75) is 25.4 Å². The van der Waals surface area contributed by atoms with E-state index in [1.807, 2.05) is 0 Å². The summed E-state index contributed by atoms with van der Waals surface area (Å²) in [5.74, 6) is -3.61. The van der Waals surface area contributed by atoms with Crippen LogP contribution in [-0.4, -0.2) is 68.7 Å². The number of benzene rings is 1. The number of hydrogen-bond donors (Lipinski definition) is 2. The molecule has 2 atom stereocenters. The molecule has 0 saturated heterocycles. The number of rotatable bonds is 10. The van der Waals surface area contributed by atoms with Crippen molar-refractivity contribution in [1.29, 1.82) is 0 Å². The third-order valence-corrected chi connectivity index (χ3v) is 3.75. The number of hydrogen-bond acceptors (Lipinski definition) is 6. The van der Waals surface area contributed by atoms with Crippen LogP contribution < -0.4 is 11.1 Å². The Bertz CT molecular complexity index is 682. The van der Waals surface area contributed by atoms with E-state index in [4.69, 9.17) is 15.2 Å². The van der Waals surface area contributed by atoms with E-state index in [1.165, 1.54) is 21.1 Å². The molecule has 1 unspecified atom stereocenters. The second-order valence-corrected chi connectivity index (χ2v) is 6.13. The number of carbonyl (C=O) groups is 3. The number of ether oxygens (including phenoxy) is 2. The average molecular weight is 401 g/mol. The number of carbonyl (C=O) groups excluding carboxylic acids is 3. The highest BCUT2D eigenvalue weighted by Gasteiger charge is 2.30. The van der Waals surface area contributed by atoms with E-state index < -0.39 is 41.4 Å². The topological polar surface area (TPSA) is 111 Å². The molecular formula is C18H25F2N3O5. The molecule has 0 fully saturated rings. The van der Waals surface area contributed by atoms with E-state index in [0.29, 0.717) is 6.07 Å². The van der Waals surface area contributed by atoms with Gasteiger partial charge in [0.15, 0.2) is 0 Å². The molecule has 0 saturated carbocycles. The fourth-order valence-electron chi connectivity index (χ4n) is 2.45. The molecule has 28 heavy (non-hydrogen) atoms. The van der Waals surface area contributed by atoms with E-state index in [2.05, 4.69) is 5.32 Å². The molecule has 0 aliphatic rings. The first-order valence-corrected chi connectivity index (χ1v) is 8.52. The first-order valence-electron chi connectivity index (χ1n) is 8.52. The van der Waals surface area contributed by atoms with Crippen molar-refractivity contribution >= 4 is 17.7 Å². The van der Waals surface area contributed by atoms with Crippen LogP contribution in [0.2, 0.25) is 0 Å². The highest BCUT2D eigenvalue weighted by molar-refractivity contribution is 6.01. The van der Waals surface area contributed by atoms with Gasteiger partial charge in [-0.25, -0.2) is 8.78 Å². The molecule has 1 aromatic rings. The molecule has 10 heteroatoms. The molecule has 8 nitrogen and oxygen atoms in total. The van der Waals surface area contributed by atoms with Crippen LogP contribution in [0.15, 0.2) is 18.2 Å². The number of nitrogens with two attached hydrogens (primary N) is 1. The first kappa shape index (κ1) is 23.6. The van der Waals surface area contributed by atoms with Gasteiger partial charge in [0.25, 0.3) is 5.91 Å². The average Bonchev–Trinajstić information content (AvgIpc) is 2.60. The number of methoxy groups -OCH3 is 2. The van der Waals surface area contributed by atoms with Crippen LogP contribution in [0.25, 0.3) is 0 Å². The summed E-state index contributed by atoms with van der Waals surface area (Å²) < 4.78 is 36.2. The van der Waals surface area contributed by atoms with Gasteiger partial charge in [0, 0.05) is 20.3 Å². The summed E-state index contributed by atoms with van der Waals surface area (Å²) in [6.45, 7) is 1.34. The van der Waals surface area contributed by atoms with Gasteiger partial charge in [-0.3, -0.25) is 19.3 Å². The minimum Gasteiger partial charge on any atom is -0.383 e. The van der Waals surface area contributed by atoms with Crippen molar-refractivity contribution in [3.05, 3.63) is 35.4 Å². The van der Waals surface area contributed by atoms with E-state index in [0.717, 1.165) is 17.0 Å². The molecule has 1 rings (SSSR count). The second-order valence-electron chi connectivity index (χ2n) is 6.13. The van der Waals surface area contributed by atoms with Crippen LogP contribution in [0.4, 0.5) is 8.78 Å². The smallest absolute Gasteiger partial charge is 0.251 e. The standard InChI is InChI=1S/C18H25F2N3O5/c1-11(22-16(24)8-12-6-13(19)9-14(20)7-12)17(25)23(4-5-27-2)18(26)15(21)10-28-3/h6-7,9,11,15H,4-5,8,10,21H2,1-3H3,(H,22,24)/t11-,15?/m0/s1. The SMILES string of the molecule is COCCN(C(=O)C(N)COC)C(=O)[C@H](C)NC(=O)Cc1cc(F)cc(F)c1. The molecule has 0 aliphatic heterocycles. The van der Waals surface area contributed by atoms with Crippen LogP contribution in [0.3, 0.4) is 0 Å². The normalized spacial score (nSPS) is 12.9. The third-order valence-electron chi connectivity index (χ3n) is 3.75. The summed E-state index contributed by atoms with van der Waals surface area (Å²) >= 11 is 0. The van der Waals surface area contributed by atoms with Crippen LogP contribution in [0, 0.1) is 11.6 Å². The van der Waals surface area contributed by atoms with Crippen LogP contribution in [0.1, 0.15) is 12.5 Å². The van der Waals surface area contributed by atoms with E-state index in [1.54, 1.807) is 0 Å². The van der Waals surface area contributed by atoms with Crippen LogP contribution >= 0.6 is 0 Å². The van der Waals surface area contributed by atoms with Crippen molar-refractivity contribution in [2.24, 2.45) is 5.73 Å². The van der Waals surface area contributed by atoms with E-state index >= 15 is 0 Å². The maximum absolute atomic E-state index is 13.2. The lowest BCUT2D eigenvalue weighted by molar-refractivity contribution is -0.149. The summed E-state index contributed by atoms with van der Waals surface area (Å²) in [5, 5.41) is 2.41. The molecule has 0 heterocycles. The minimum atomic E-state index is -1.07. The molecule has 3 amide bonds. The van der Waals surface area contributed by atoms with Gasteiger partial charge in [0.1, 0.15) is 23.7 Å². The minimum absolute atomic E-state index is 0.0547. The molecule has 0 aliphatic carbocycles. The Morgan fingerprint density at radius 3 is 2.25 bits per heavy atom. The van der Waals surface area contributed by atoms with Crippen LogP contribution in [0.5, 0.6) is 0 Å². The highest BCUT2D eigenvalue weighted by atomic mass is 19.1. The number of imide groups is 1. The number of halogens is 2. The maximum Gasteiger partial charge on any atom is 0.251 e. The quantitative estimate of drug-likeness (QED) is 0.570. The molecule has 1 aromatic carbocycles. The summed E-state index contributed by atoms with van der Waals surface area (Å²) in [4.78, 5) is 38.0. The largest absolute Gasteiger partial charge is 0.383 e. The molecule has 0 aromatic heterocycles.